The molecule has 0 saturated carbocycles. The van der Waals surface area contributed by atoms with Crippen molar-refractivity contribution in [3.63, 3.8) is 0 Å². The van der Waals surface area contributed by atoms with Gasteiger partial charge in [0, 0.05) is 16.5 Å². The number of ether oxygens (including phenoxy) is 1. The van der Waals surface area contributed by atoms with Gasteiger partial charge in [0.15, 0.2) is 0 Å². The van der Waals surface area contributed by atoms with E-state index in [2.05, 4.69) is 5.32 Å². The fourth-order valence-corrected chi connectivity index (χ4v) is 3.53. The van der Waals surface area contributed by atoms with Gasteiger partial charge in [0.05, 0.1) is 6.61 Å². The average molecular weight is 383 g/mol. The highest BCUT2D eigenvalue weighted by Gasteiger charge is 2.23. The number of thiophene rings is 1. The van der Waals surface area contributed by atoms with Gasteiger partial charge in [-0.15, -0.1) is 11.3 Å². The SMILES string of the molecule is CCOC(=O)c1c(-c2ccc(F)cc2)csc1NC(=O)c1ccc(C)cc1. The number of nitrogens with one attached hydrogen (secondary N) is 1. The summed E-state index contributed by atoms with van der Waals surface area (Å²) >= 11 is 1.23. The molecule has 0 aliphatic heterocycles. The van der Waals surface area contributed by atoms with Crippen LogP contribution in [0.25, 0.3) is 11.1 Å². The monoisotopic (exact) mass is 383 g/mol. The minimum Gasteiger partial charge on any atom is -0.462 e. The summed E-state index contributed by atoms with van der Waals surface area (Å²) in [6.45, 7) is 3.87. The zero-order chi connectivity index (χ0) is 19.4. The number of aryl methyl sites for hydroxylation is 1. The summed E-state index contributed by atoms with van der Waals surface area (Å²) < 4.78 is 18.4. The van der Waals surface area contributed by atoms with Crippen LogP contribution in [0.1, 0.15) is 33.2 Å². The molecule has 0 fully saturated rings. The summed E-state index contributed by atoms with van der Waals surface area (Å²) in [5.74, 6) is -1.20. The molecule has 0 bridgehead atoms. The van der Waals surface area contributed by atoms with E-state index in [1.54, 1.807) is 36.6 Å². The fourth-order valence-electron chi connectivity index (χ4n) is 2.58. The molecule has 1 aromatic heterocycles. The lowest BCUT2D eigenvalue weighted by atomic mass is 10.0. The van der Waals surface area contributed by atoms with Crippen molar-refractivity contribution in [2.45, 2.75) is 13.8 Å². The quantitative estimate of drug-likeness (QED) is 0.609. The minimum absolute atomic E-state index is 0.211. The van der Waals surface area contributed by atoms with E-state index in [0.29, 0.717) is 21.7 Å². The molecule has 27 heavy (non-hydrogen) atoms. The normalized spacial score (nSPS) is 10.5. The lowest BCUT2D eigenvalue weighted by Gasteiger charge is -2.09. The Morgan fingerprint density at radius 1 is 1.07 bits per heavy atom. The van der Waals surface area contributed by atoms with Gasteiger partial charge in [-0.25, -0.2) is 9.18 Å². The first-order valence-electron chi connectivity index (χ1n) is 8.42. The van der Waals surface area contributed by atoms with Gasteiger partial charge in [0.1, 0.15) is 16.4 Å². The number of benzene rings is 2. The summed E-state index contributed by atoms with van der Waals surface area (Å²) in [6, 6.07) is 13.0. The van der Waals surface area contributed by atoms with Crippen LogP contribution in [0, 0.1) is 12.7 Å². The zero-order valence-corrected chi connectivity index (χ0v) is 15.7. The molecule has 0 saturated heterocycles. The van der Waals surface area contributed by atoms with Crippen molar-refractivity contribution < 1.29 is 18.7 Å². The van der Waals surface area contributed by atoms with Crippen LogP contribution in [0.2, 0.25) is 0 Å². The average Bonchev–Trinajstić information content (AvgIpc) is 3.06. The van der Waals surface area contributed by atoms with Gasteiger partial charge < -0.3 is 10.1 Å². The molecule has 3 rings (SSSR count). The largest absolute Gasteiger partial charge is 0.462 e. The second-order valence-corrected chi connectivity index (χ2v) is 6.78. The highest BCUT2D eigenvalue weighted by atomic mass is 32.1. The van der Waals surface area contributed by atoms with E-state index in [1.807, 2.05) is 19.1 Å². The lowest BCUT2D eigenvalue weighted by molar-refractivity contribution is 0.0529. The molecule has 0 unspecified atom stereocenters. The number of rotatable bonds is 5. The van der Waals surface area contributed by atoms with Gasteiger partial charge in [0.2, 0.25) is 0 Å². The number of hydrogen-bond donors (Lipinski definition) is 1. The van der Waals surface area contributed by atoms with Crippen LogP contribution in [0.4, 0.5) is 9.39 Å². The van der Waals surface area contributed by atoms with Gasteiger partial charge in [-0.05, 0) is 43.7 Å². The van der Waals surface area contributed by atoms with Crippen LogP contribution >= 0.6 is 11.3 Å². The Kier molecular flexibility index (Phi) is 5.66. The van der Waals surface area contributed by atoms with E-state index < -0.39 is 5.97 Å². The third-order valence-corrected chi connectivity index (χ3v) is 4.86. The van der Waals surface area contributed by atoms with Crippen molar-refractivity contribution >= 4 is 28.2 Å². The number of esters is 1. The van der Waals surface area contributed by atoms with Gasteiger partial charge in [0.25, 0.3) is 5.91 Å². The number of halogens is 1. The Labute approximate surface area is 160 Å². The maximum Gasteiger partial charge on any atom is 0.341 e. The predicted molar refractivity (Wildman–Crippen MR) is 105 cm³/mol. The van der Waals surface area contributed by atoms with Crippen LogP contribution in [0.5, 0.6) is 0 Å². The summed E-state index contributed by atoms with van der Waals surface area (Å²) in [4.78, 5) is 25.1. The fraction of sp³-hybridized carbons (Fsp3) is 0.143. The molecule has 0 spiro atoms. The summed E-state index contributed by atoms with van der Waals surface area (Å²) in [5.41, 5.74) is 3.08. The number of carbonyl (C=O) groups is 2. The minimum atomic E-state index is -0.530. The van der Waals surface area contributed by atoms with E-state index in [4.69, 9.17) is 4.74 Å². The van der Waals surface area contributed by atoms with Crippen LogP contribution in [-0.4, -0.2) is 18.5 Å². The third kappa shape index (κ3) is 4.23. The molecular weight excluding hydrogens is 365 g/mol. The highest BCUT2D eigenvalue weighted by molar-refractivity contribution is 7.15. The predicted octanol–water partition coefficient (Wildman–Crippen LogP) is 5.29. The molecule has 0 radical (unpaired) electrons. The molecule has 4 nitrogen and oxygen atoms in total. The first kappa shape index (κ1) is 18.8. The Morgan fingerprint density at radius 2 is 1.74 bits per heavy atom. The molecule has 1 amide bonds. The van der Waals surface area contributed by atoms with Gasteiger partial charge in [-0.2, -0.15) is 0 Å². The maximum absolute atomic E-state index is 13.2. The summed E-state index contributed by atoms with van der Waals surface area (Å²) in [7, 11) is 0. The molecule has 2 aromatic carbocycles. The second kappa shape index (κ2) is 8.14. The molecule has 138 valence electrons. The molecule has 1 heterocycles. The molecule has 0 atom stereocenters. The summed E-state index contributed by atoms with van der Waals surface area (Å²) in [6.07, 6.45) is 0. The maximum atomic E-state index is 13.2. The van der Waals surface area contributed by atoms with E-state index in [0.717, 1.165) is 5.56 Å². The number of hydrogen-bond acceptors (Lipinski definition) is 4. The highest BCUT2D eigenvalue weighted by Crippen LogP contribution is 2.36. The Bertz CT molecular complexity index is 962. The van der Waals surface area contributed by atoms with Gasteiger partial charge in [-0.1, -0.05) is 29.8 Å². The number of carbonyl (C=O) groups excluding carboxylic acids is 2. The second-order valence-electron chi connectivity index (χ2n) is 5.90. The topological polar surface area (TPSA) is 55.4 Å². The van der Waals surface area contributed by atoms with Crippen molar-refractivity contribution in [2.24, 2.45) is 0 Å². The van der Waals surface area contributed by atoms with Crippen LogP contribution in [0.3, 0.4) is 0 Å². The Balaban J connectivity index is 1.97. The van der Waals surface area contributed by atoms with Crippen molar-refractivity contribution in [1.82, 2.24) is 0 Å². The smallest absolute Gasteiger partial charge is 0.341 e. The van der Waals surface area contributed by atoms with E-state index in [-0.39, 0.29) is 23.9 Å². The summed E-state index contributed by atoms with van der Waals surface area (Å²) in [5, 5.41) is 4.95. The van der Waals surface area contributed by atoms with Crippen LogP contribution in [-0.2, 0) is 4.74 Å². The first-order chi connectivity index (χ1) is 13.0. The number of amides is 1. The third-order valence-electron chi connectivity index (χ3n) is 3.97. The molecule has 1 N–H and O–H groups in total. The lowest BCUT2D eigenvalue weighted by Crippen LogP contribution is -2.14. The van der Waals surface area contributed by atoms with Crippen molar-refractivity contribution in [3.8, 4) is 11.1 Å². The molecule has 0 aliphatic rings. The van der Waals surface area contributed by atoms with E-state index in [1.165, 1.54) is 23.5 Å². The molecular formula is C21H18FNO3S. The van der Waals surface area contributed by atoms with Crippen LogP contribution in [0.15, 0.2) is 53.9 Å². The number of anilines is 1. The Morgan fingerprint density at radius 3 is 2.37 bits per heavy atom. The Hall–Kier alpha value is -2.99. The standard InChI is InChI=1S/C21H18FNO3S/c1-3-26-21(25)18-17(14-8-10-16(22)11-9-14)12-27-20(18)23-19(24)15-6-4-13(2)5-7-15/h4-12H,3H2,1-2H3,(H,23,24). The van der Waals surface area contributed by atoms with E-state index in [9.17, 15) is 14.0 Å². The van der Waals surface area contributed by atoms with Crippen molar-refractivity contribution in [3.05, 3.63) is 76.4 Å². The molecule has 6 heteroatoms. The molecule has 3 aromatic rings. The van der Waals surface area contributed by atoms with E-state index >= 15 is 0 Å². The zero-order valence-electron chi connectivity index (χ0n) is 14.9. The molecule has 0 aliphatic carbocycles. The van der Waals surface area contributed by atoms with Gasteiger partial charge in [-0.3, -0.25) is 4.79 Å². The van der Waals surface area contributed by atoms with Gasteiger partial charge >= 0.3 is 5.97 Å². The first-order valence-corrected chi connectivity index (χ1v) is 9.30. The van der Waals surface area contributed by atoms with Crippen molar-refractivity contribution in [1.29, 1.82) is 0 Å². The van der Waals surface area contributed by atoms with Crippen molar-refractivity contribution in [2.75, 3.05) is 11.9 Å². The van der Waals surface area contributed by atoms with Crippen LogP contribution < -0.4 is 5.32 Å².